The topological polar surface area (TPSA) is 76.4 Å². The predicted octanol–water partition coefficient (Wildman–Crippen LogP) is 5.43. The quantitative estimate of drug-likeness (QED) is 0.312. The maximum Gasteiger partial charge on any atom is 0.343 e. The van der Waals surface area contributed by atoms with Crippen molar-refractivity contribution >= 4 is 11.9 Å². The molecule has 0 N–H and O–H groups in total. The number of ether oxygens (including phenoxy) is 2. The van der Waals surface area contributed by atoms with Crippen molar-refractivity contribution in [2.45, 2.75) is 51.9 Å². The molecule has 0 saturated carbocycles. The van der Waals surface area contributed by atoms with Crippen LogP contribution in [0.15, 0.2) is 48.5 Å². The zero-order chi connectivity index (χ0) is 20.2. The standard InChI is InChI=1S/C23H25NO4/c1-2-3-4-5-6-7-8-22(25)27-20-15-11-19(12-16-20)23(26)28-21-13-9-18(17-24)10-14-21/h9-16H,2-8H2,1H3. The molecule has 5 heteroatoms. The molecule has 0 heterocycles. The zero-order valence-corrected chi connectivity index (χ0v) is 16.1. The normalized spacial score (nSPS) is 10.1. The lowest BCUT2D eigenvalue weighted by atomic mass is 10.1. The summed E-state index contributed by atoms with van der Waals surface area (Å²) in [6.07, 6.45) is 7.08. The van der Waals surface area contributed by atoms with Crippen LogP contribution in [-0.2, 0) is 4.79 Å². The highest BCUT2D eigenvalue weighted by molar-refractivity contribution is 5.91. The summed E-state index contributed by atoms with van der Waals surface area (Å²) in [5.41, 5.74) is 0.840. The van der Waals surface area contributed by atoms with Gasteiger partial charge in [0.15, 0.2) is 0 Å². The summed E-state index contributed by atoms with van der Waals surface area (Å²) in [6, 6.07) is 14.6. The number of nitriles is 1. The highest BCUT2D eigenvalue weighted by atomic mass is 16.5. The fourth-order valence-electron chi connectivity index (χ4n) is 2.65. The summed E-state index contributed by atoms with van der Waals surface area (Å²) in [5.74, 6) is -0.0117. The molecule has 0 aromatic heterocycles. The van der Waals surface area contributed by atoms with Gasteiger partial charge < -0.3 is 9.47 Å². The highest BCUT2D eigenvalue weighted by Crippen LogP contribution is 2.17. The van der Waals surface area contributed by atoms with Gasteiger partial charge in [-0.1, -0.05) is 39.0 Å². The first-order valence-corrected chi connectivity index (χ1v) is 9.65. The molecule has 0 aliphatic heterocycles. The maximum absolute atomic E-state index is 12.2. The second-order valence-corrected chi connectivity index (χ2v) is 6.54. The third kappa shape index (κ3) is 7.24. The SMILES string of the molecule is CCCCCCCCC(=O)Oc1ccc(C(=O)Oc2ccc(C#N)cc2)cc1. The number of carbonyl (C=O) groups excluding carboxylic acids is 2. The fraction of sp³-hybridized carbons (Fsp3) is 0.348. The molecule has 2 rings (SSSR count). The summed E-state index contributed by atoms with van der Waals surface area (Å²) in [7, 11) is 0. The van der Waals surface area contributed by atoms with Crippen LogP contribution in [-0.4, -0.2) is 11.9 Å². The minimum atomic E-state index is -0.519. The number of benzene rings is 2. The van der Waals surface area contributed by atoms with E-state index >= 15 is 0 Å². The van der Waals surface area contributed by atoms with Gasteiger partial charge >= 0.3 is 11.9 Å². The lowest BCUT2D eigenvalue weighted by molar-refractivity contribution is -0.134. The molecule has 2 aromatic rings. The highest BCUT2D eigenvalue weighted by Gasteiger charge is 2.10. The summed E-state index contributed by atoms with van der Waals surface area (Å²) in [6.45, 7) is 2.18. The number of rotatable bonds is 10. The number of carbonyl (C=O) groups is 2. The monoisotopic (exact) mass is 379 g/mol. The number of unbranched alkanes of at least 4 members (excludes halogenated alkanes) is 5. The molecule has 5 nitrogen and oxygen atoms in total. The van der Waals surface area contributed by atoms with Crippen molar-refractivity contribution in [1.29, 1.82) is 5.26 Å². The van der Waals surface area contributed by atoms with Crippen LogP contribution in [0.5, 0.6) is 11.5 Å². The van der Waals surface area contributed by atoms with Gasteiger partial charge in [0.1, 0.15) is 11.5 Å². The molecule has 0 fully saturated rings. The molecule has 28 heavy (non-hydrogen) atoms. The summed E-state index contributed by atoms with van der Waals surface area (Å²) in [4.78, 5) is 24.0. The van der Waals surface area contributed by atoms with Gasteiger partial charge in [-0.15, -0.1) is 0 Å². The lowest BCUT2D eigenvalue weighted by Crippen LogP contribution is -2.10. The van der Waals surface area contributed by atoms with Gasteiger partial charge in [-0.2, -0.15) is 5.26 Å². The van der Waals surface area contributed by atoms with Crippen LogP contribution < -0.4 is 9.47 Å². The van der Waals surface area contributed by atoms with Gasteiger partial charge in [-0.25, -0.2) is 4.79 Å². The second-order valence-electron chi connectivity index (χ2n) is 6.54. The molecule has 0 aliphatic rings. The molecule has 146 valence electrons. The van der Waals surface area contributed by atoms with E-state index in [-0.39, 0.29) is 5.97 Å². The number of nitrogens with zero attached hydrogens (tertiary/aromatic N) is 1. The molecule has 0 spiro atoms. The van der Waals surface area contributed by atoms with E-state index in [4.69, 9.17) is 14.7 Å². The van der Waals surface area contributed by atoms with E-state index in [1.807, 2.05) is 6.07 Å². The predicted molar refractivity (Wildman–Crippen MR) is 106 cm³/mol. The fourth-order valence-corrected chi connectivity index (χ4v) is 2.65. The van der Waals surface area contributed by atoms with Crippen LogP contribution in [0.4, 0.5) is 0 Å². The molecule has 0 bridgehead atoms. The molecular formula is C23H25NO4. The van der Waals surface area contributed by atoms with Crippen LogP contribution in [0.2, 0.25) is 0 Å². The summed E-state index contributed by atoms with van der Waals surface area (Å²) >= 11 is 0. The number of hydrogen-bond donors (Lipinski definition) is 0. The van der Waals surface area contributed by atoms with Gasteiger partial charge in [0.25, 0.3) is 0 Å². The van der Waals surface area contributed by atoms with Crippen molar-refractivity contribution in [3.05, 3.63) is 59.7 Å². The summed E-state index contributed by atoms with van der Waals surface area (Å²) in [5, 5.41) is 8.77. The van der Waals surface area contributed by atoms with E-state index in [2.05, 4.69) is 6.92 Å². The first-order chi connectivity index (χ1) is 13.6. The molecule has 2 aromatic carbocycles. The Balaban J connectivity index is 1.77. The first-order valence-electron chi connectivity index (χ1n) is 9.65. The van der Waals surface area contributed by atoms with Crippen molar-refractivity contribution in [1.82, 2.24) is 0 Å². The Morgan fingerprint density at radius 3 is 2.04 bits per heavy atom. The van der Waals surface area contributed by atoms with Crippen molar-refractivity contribution < 1.29 is 19.1 Å². The van der Waals surface area contributed by atoms with Crippen LogP contribution >= 0.6 is 0 Å². The number of hydrogen-bond acceptors (Lipinski definition) is 5. The molecule has 0 unspecified atom stereocenters. The Kier molecular flexibility index (Phi) is 8.74. The van der Waals surface area contributed by atoms with E-state index in [0.717, 1.165) is 19.3 Å². The van der Waals surface area contributed by atoms with E-state index in [1.54, 1.807) is 48.5 Å². The Morgan fingerprint density at radius 1 is 0.821 bits per heavy atom. The van der Waals surface area contributed by atoms with E-state index in [9.17, 15) is 9.59 Å². The van der Waals surface area contributed by atoms with Gasteiger partial charge in [0.05, 0.1) is 17.2 Å². The van der Waals surface area contributed by atoms with Gasteiger partial charge in [-0.05, 0) is 55.0 Å². The Hall–Kier alpha value is -3.13. The molecular weight excluding hydrogens is 354 g/mol. The average molecular weight is 379 g/mol. The Morgan fingerprint density at radius 2 is 1.39 bits per heavy atom. The molecule has 0 aliphatic carbocycles. The van der Waals surface area contributed by atoms with Crippen LogP contribution in [0.25, 0.3) is 0 Å². The van der Waals surface area contributed by atoms with Gasteiger partial charge in [-0.3, -0.25) is 4.79 Å². The van der Waals surface area contributed by atoms with Crippen molar-refractivity contribution in [2.24, 2.45) is 0 Å². The van der Waals surface area contributed by atoms with E-state index in [0.29, 0.717) is 29.0 Å². The zero-order valence-electron chi connectivity index (χ0n) is 16.1. The van der Waals surface area contributed by atoms with Crippen molar-refractivity contribution in [3.63, 3.8) is 0 Å². The second kappa shape index (κ2) is 11.6. The smallest absolute Gasteiger partial charge is 0.343 e. The number of esters is 2. The molecule has 0 radical (unpaired) electrons. The minimum Gasteiger partial charge on any atom is -0.427 e. The van der Waals surface area contributed by atoms with Gasteiger partial charge in [0.2, 0.25) is 0 Å². The van der Waals surface area contributed by atoms with Crippen LogP contribution in [0, 0.1) is 11.3 Å². The van der Waals surface area contributed by atoms with Gasteiger partial charge in [0, 0.05) is 6.42 Å². The molecule has 0 saturated heterocycles. The van der Waals surface area contributed by atoms with Crippen molar-refractivity contribution in [3.8, 4) is 17.6 Å². The third-order valence-corrected chi connectivity index (χ3v) is 4.25. The minimum absolute atomic E-state index is 0.261. The Labute approximate surface area is 165 Å². The van der Waals surface area contributed by atoms with Crippen LogP contribution in [0.1, 0.15) is 67.8 Å². The first kappa shape index (κ1) is 21.2. The van der Waals surface area contributed by atoms with Crippen LogP contribution in [0.3, 0.4) is 0 Å². The largest absolute Gasteiger partial charge is 0.427 e. The molecule has 0 amide bonds. The average Bonchev–Trinajstić information content (AvgIpc) is 2.71. The lowest BCUT2D eigenvalue weighted by Gasteiger charge is -2.07. The maximum atomic E-state index is 12.2. The van der Waals surface area contributed by atoms with E-state index < -0.39 is 5.97 Å². The van der Waals surface area contributed by atoms with Crippen molar-refractivity contribution in [2.75, 3.05) is 0 Å². The third-order valence-electron chi connectivity index (χ3n) is 4.25. The summed E-state index contributed by atoms with van der Waals surface area (Å²) < 4.78 is 10.6. The van der Waals surface area contributed by atoms with E-state index in [1.165, 1.54) is 19.3 Å². The Bertz CT molecular complexity index is 804. The molecule has 0 atom stereocenters.